The van der Waals surface area contributed by atoms with E-state index < -0.39 is 0 Å². The molecule has 0 aliphatic heterocycles. The molecule has 138 valence electrons. The van der Waals surface area contributed by atoms with Gasteiger partial charge in [-0.3, -0.25) is 4.79 Å². The molecule has 1 aliphatic rings. The molecule has 27 heavy (non-hydrogen) atoms. The van der Waals surface area contributed by atoms with Crippen LogP contribution in [-0.2, 0) is 4.79 Å². The number of hydrogen-bond acceptors (Lipinski definition) is 7. The first kappa shape index (κ1) is 17.8. The van der Waals surface area contributed by atoms with E-state index in [4.69, 9.17) is 4.74 Å². The molecule has 1 amide bonds. The molecule has 4 rings (SSSR count). The maximum Gasteiger partial charge on any atom is 0.234 e. The molecule has 0 bridgehead atoms. The molecule has 1 aromatic heterocycles. The van der Waals surface area contributed by atoms with Crippen LogP contribution in [0.2, 0.25) is 0 Å². The summed E-state index contributed by atoms with van der Waals surface area (Å²) in [5.74, 6) is 1.47. The van der Waals surface area contributed by atoms with E-state index in [1.54, 1.807) is 0 Å². The first-order valence-corrected chi connectivity index (χ1v) is 10.4. The number of amides is 1. The van der Waals surface area contributed by atoms with Crippen molar-refractivity contribution in [2.24, 2.45) is 0 Å². The monoisotopic (exact) mass is 398 g/mol. The molecule has 1 heterocycles. The minimum absolute atomic E-state index is 0.115. The molecule has 0 unspecified atom stereocenters. The van der Waals surface area contributed by atoms with Crippen LogP contribution in [0.3, 0.4) is 0 Å². The van der Waals surface area contributed by atoms with E-state index in [-0.39, 0.29) is 11.7 Å². The zero-order chi connectivity index (χ0) is 18.5. The van der Waals surface area contributed by atoms with E-state index in [1.807, 2.05) is 54.6 Å². The van der Waals surface area contributed by atoms with Gasteiger partial charge in [-0.2, -0.15) is 0 Å². The van der Waals surface area contributed by atoms with Crippen LogP contribution >= 0.6 is 23.1 Å². The molecule has 6 nitrogen and oxygen atoms in total. The highest BCUT2D eigenvalue weighted by molar-refractivity contribution is 8.01. The van der Waals surface area contributed by atoms with Crippen LogP contribution in [0.15, 0.2) is 58.9 Å². The van der Waals surface area contributed by atoms with Gasteiger partial charge in [0.25, 0.3) is 0 Å². The number of carbonyl (C=O) groups is 1. The zero-order valence-electron chi connectivity index (χ0n) is 14.4. The van der Waals surface area contributed by atoms with Crippen LogP contribution in [0.1, 0.15) is 12.8 Å². The number of hydrogen-bond donors (Lipinski definition) is 2. The molecule has 0 atom stereocenters. The normalized spacial score (nSPS) is 13.2. The number of nitrogens with one attached hydrogen (secondary N) is 2. The Hall–Kier alpha value is -2.58. The average molecular weight is 399 g/mol. The molecule has 0 saturated heterocycles. The van der Waals surface area contributed by atoms with Crippen molar-refractivity contribution in [1.82, 2.24) is 10.2 Å². The zero-order valence-corrected chi connectivity index (χ0v) is 16.1. The molecule has 1 fully saturated rings. The van der Waals surface area contributed by atoms with E-state index >= 15 is 0 Å². The fraction of sp³-hybridized carbons (Fsp3) is 0.211. The SMILES string of the molecule is O=C(CSc1nnc(NC2CC2)s1)Nc1ccccc1Oc1ccccc1. The van der Waals surface area contributed by atoms with Crippen LogP contribution in [0, 0.1) is 0 Å². The van der Waals surface area contributed by atoms with Gasteiger partial charge < -0.3 is 15.4 Å². The lowest BCUT2D eigenvalue weighted by Crippen LogP contribution is -2.14. The highest BCUT2D eigenvalue weighted by Gasteiger charge is 2.22. The molecule has 8 heteroatoms. The number of anilines is 2. The summed E-state index contributed by atoms with van der Waals surface area (Å²) in [6.45, 7) is 0. The van der Waals surface area contributed by atoms with Gasteiger partial charge in [0.05, 0.1) is 11.4 Å². The van der Waals surface area contributed by atoms with E-state index in [0.29, 0.717) is 17.5 Å². The van der Waals surface area contributed by atoms with Gasteiger partial charge in [0, 0.05) is 6.04 Å². The number of aromatic nitrogens is 2. The Kier molecular flexibility index (Phi) is 5.55. The van der Waals surface area contributed by atoms with E-state index in [9.17, 15) is 4.79 Å². The van der Waals surface area contributed by atoms with Gasteiger partial charge in [-0.1, -0.05) is 53.4 Å². The smallest absolute Gasteiger partial charge is 0.234 e. The quantitative estimate of drug-likeness (QED) is 0.539. The topological polar surface area (TPSA) is 76.1 Å². The number of rotatable bonds is 8. The van der Waals surface area contributed by atoms with Gasteiger partial charge in [0.2, 0.25) is 11.0 Å². The number of benzene rings is 2. The molecular weight excluding hydrogens is 380 g/mol. The van der Waals surface area contributed by atoms with Crippen molar-refractivity contribution < 1.29 is 9.53 Å². The van der Waals surface area contributed by atoms with Gasteiger partial charge in [-0.25, -0.2) is 0 Å². The van der Waals surface area contributed by atoms with E-state index in [0.717, 1.165) is 15.2 Å². The lowest BCUT2D eigenvalue weighted by atomic mass is 10.3. The Labute approximate surface area is 165 Å². The largest absolute Gasteiger partial charge is 0.455 e. The second-order valence-electron chi connectivity index (χ2n) is 6.04. The van der Waals surface area contributed by atoms with Gasteiger partial charge in [-0.15, -0.1) is 10.2 Å². The van der Waals surface area contributed by atoms with E-state index in [2.05, 4.69) is 20.8 Å². The van der Waals surface area contributed by atoms with Crippen LogP contribution in [0.25, 0.3) is 0 Å². The van der Waals surface area contributed by atoms with Gasteiger partial charge in [0.15, 0.2) is 10.1 Å². The van der Waals surface area contributed by atoms with Crippen molar-refractivity contribution in [3.05, 3.63) is 54.6 Å². The second kappa shape index (κ2) is 8.41. The van der Waals surface area contributed by atoms with Gasteiger partial charge in [-0.05, 0) is 37.1 Å². The third-order valence-corrected chi connectivity index (χ3v) is 5.76. The number of nitrogens with zero attached hydrogens (tertiary/aromatic N) is 2. The number of thioether (sulfide) groups is 1. The maximum atomic E-state index is 12.3. The average Bonchev–Trinajstić information content (AvgIpc) is 3.38. The summed E-state index contributed by atoms with van der Waals surface area (Å²) in [5, 5.41) is 15.3. The second-order valence-corrected chi connectivity index (χ2v) is 8.24. The number of ether oxygens (including phenoxy) is 1. The van der Waals surface area contributed by atoms with Crippen molar-refractivity contribution in [2.75, 3.05) is 16.4 Å². The van der Waals surface area contributed by atoms with Crippen molar-refractivity contribution in [1.29, 1.82) is 0 Å². The Balaban J connectivity index is 1.33. The standard InChI is InChI=1S/C19H18N4O2S2/c24-17(12-26-19-23-22-18(27-19)20-13-10-11-13)21-15-8-4-5-9-16(15)25-14-6-2-1-3-7-14/h1-9,13H,10-12H2,(H,20,22)(H,21,24). The minimum Gasteiger partial charge on any atom is -0.455 e. The number of carbonyl (C=O) groups excluding carboxylic acids is 1. The predicted octanol–water partition coefficient (Wildman–Crippen LogP) is 4.64. The van der Waals surface area contributed by atoms with Gasteiger partial charge >= 0.3 is 0 Å². The Morgan fingerprint density at radius 1 is 1.11 bits per heavy atom. The predicted molar refractivity (Wildman–Crippen MR) is 109 cm³/mol. The molecule has 1 aliphatic carbocycles. The van der Waals surface area contributed by atoms with E-state index in [1.165, 1.54) is 35.9 Å². The summed E-state index contributed by atoms with van der Waals surface area (Å²) in [7, 11) is 0. The van der Waals surface area contributed by atoms with Crippen LogP contribution in [-0.4, -0.2) is 27.9 Å². The fourth-order valence-electron chi connectivity index (χ4n) is 2.32. The highest BCUT2D eigenvalue weighted by atomic mass is 32.2. The summed E-state index contributed by atoms with van der Waals surface area (Å²) in [4.78, 5) is 12.3. The summed E-state index contributed by atoms with van der Waals surface area (Å²) in [5.41, 5.74) is 0.639. The first-order chi connectivity index (χ1) is 13.3. The Morgan fingerprint density at radius 3 is 2.70 bits per heavy atom. The summed E-state index contributed by atoms with van der Waals surface area (Å²) in [6, 6.07) is 17.4. The Bertz CT molecular complexity index is 913. The summed E-state index contributed by atoms with van der Waals surface area (Å²) >= 11 is 2.86. The molecule has 2 aromatic carbocycles. The molecule has 0 radical (unpaired) electrons. The lowest BCUT2D eigenvalue weighted by molar-refractivity contribution is -0.113. The first-order valence-electron chi connectivity index (χ1n) is 8.61. The van der Waals surface area contributed by atoms with Crippen molar-refractivity contribution in [3.8, 4) is 11.5 Å². The van der Waals surface area contributed by atoms with Crippen LogP contribution < -0.4 is 15.4 Å². The van der Waals surface area contributed by atoms with Crippen LogP contribution in [0.4, 0.5) is 10.8 Å². The van der Waals surface area contributed by atoms with Crippen molar-refractivity contribution in [3.63, 3.8) is 0 Å². The molecule has 2 N–H and O–H groups in total. The summed E-state index contributed by atoms with van der Waals surface area (Å²) < 4.78 is 6.65. The molecule has 0 spiro atoms. The fourth-order valence-corrected chi connectivity index (χ4v) is 3.95. The highest BCUT2D eigenvalue weighted by Crippen LogP contribution is 2.31. The Morgan fingerprint density at radius 2 is 1.89 bits per heavy atom. The molecule has 1 saturated carbocycles. The third-order valence-electron chi connectivity index (χ3n) is 3.77. The summed E-state index contributed by atoms with van der Waals surface area (Å²) in [6.07, 6.45) is 2.38. The number of para-hydroxylation sites is 3. The third kappa shape index (κ3) is 5.21. The van der Waals surface area contributed by atoms with Crippen molar-refractivity contribution >= 4 is 39.8 Å². The van der Waals surface area contributed by atoms with Crippen molar-refractivity contribution in [2.45, 2.75) is 23.2 Å². The maximum absolute atomic E-state index is 12.3. The van der Waals surface area contributed by atoms with Crippen LogP contribution in [0.5, 0.6) is 11.5 Å². The lowest BCUT2D eigenvalue weighted by Gasteiger charge is -2.11. The molecular formula is C19H18N4O2S2. The molecule has 3 aromatic rings. The minimum atomic E-state index is -0.115. The van der Waals surface area contributed by atoms with Gasteiger partial charge in [0.1, 0.15) is 5.75 Å².